The molecule has 0 saturated carbocycles. The smallest absolute Gasteiger partial charge is 0.353 e. The van der Waals surface area contributed by atoms with Crippen molar-refractivity contribution in [2.24, 2.45) is 5.16 Å². The van der Waals surface area contributed by atoms with E-state index in [4.69, 9.17) is 15.3 Å². The number of esters is 1. The van der Waals surface area contributed by atoms with E-state index in [1.165, 1.54) is 25.2 Å². The lowest BCUT2D eigenvalue weighted by molar-refractivity contribution is -0.179. The molecule has 0 atom stereocenters. The quantitative estimate of drug-likeness (QED) is 0.242. The van der Waals surface area contributed by atoms with E-state index in [0.717, 1.165) is 33.5 Å². The van der Waals surface area contributed by atoms with Crippen LogP contribution in [0.3, 0.4) is 0 Å². The average molecular weight is 480 g/mol. The Bertz CT molecular complexity index is 1110. The number of rotatable bonds is 6. The first-order chi connectivity index (χ1) is 14.4. The number of para-hydroxylation sites is 1. The lowest BCUT2D eigenvalue weighted by atomic mass is 10.1. The van der Waals surface area contributed by atoms with Crippen LogP contribution in [0.5, 0.6) is 0 Å². The second kappa shape index (κ2) is 8.89. The summed E-state index contributed by atoms with van der Waals surface area (Å²) in [5, 5.41) is 3.61. The fourth-order valence-electron chi connectivity index (χ4n) is 2.12. The van der Waals surface area contributed by atoms with E-state index in [2.05, 4.69) is 19.5 Å². The molecule has 3 rings (SSSR count). The lowest BCUT2D eigenvalue weighted by Gasteiger charge is -2.26. The first kappa shape index (κ1) is 23.1. The zero-order chi connectivity index (χ0) is 22.8. The number of hydrogen-bond acceptors (Lipinski definition) is 12. The molecular formula is C19H21N5O4S3. The Balaban J connectivity index is 1.85. The zero-order valence-electron chi connectivity index (χ0n) is 17.5. The van der Waals surface area contributed by atoms with Gasteiger partial charge in [-0.25, -0.2) is 9.78 Å². The van der Waals surface area contributed by atoms with E-state index in [1.54, 1.807) is 20.8 Å². The molecule has 0 radical (unpaired) electrons. The number of hydrogen-bond donors (Lipinski definition) is 1. The van der Waals surface area contributed by atoms with E-state index >= 15 is 0 Å². The van der Waals surface area contributed by atoms with Gasteiger partial charge in [0.1, 0.15) is 5.60 Å². The number of nitrogens with two attached hydrogens (primary N) is 1. The SMILES string of the molecule is CC(C)(C)OC(=O)C(C)(C)O/N=C(/C(=O)Sc1nc2ccccc2s1)c1nsc(N)n1. The van der Waals surface area contributed by atoms with Crippen LogP contribution < -0.4 is 5.73 Å². The largest absolute Gasteiger partial charge is 0.457 e. The Hall–Kier alpha value is -2.57. The molecule has 0 saturated heterocycles. The highest BCUT2D eigenvalue weighted by atomic mass is 32.2. The fourth-order valence-corrected chi connectivity index (χ4v) is 4.44. The molecule has 0 spiro atoms. The van der Waals surface area contributed by atoms with Gasteiger partial charge < -0.3 is 15.3 Å². The summed E-state index contributed by atoms with van der Waals surface area (Å²) in [4.78, 5) is 39.3. The summed E-state index contributed by atoms with van der Waals surface area (Å²) < 4.78 is 10.9. The maximum atomic E-state index is 13.0. The molecule has 0 fully saturated rings. The maximum Gasteiger partial charge on any atom is 0.353 e. The molecule has 0 aliphatic carbocycles. The lowest BCUT2D eigenvalue weighted by Crippen LogP contribution is -2.40. The zero-order valence-corrected chi connectivity index (χ0v) is 20.0. The number of fused-ring (bicyclic) bond motifs is 1. The van der Waals surface area contributed by atoms with Gasteiger partial charge in [0.05, 0.1) is 10.2 Å². The standard InChI is InChI=1S/C19H21N5O4S3/c1-18(2,3)27-15(26)19(4,5)28-23-12(13-22-16(20)31-24-13)14(25)30-17-21-10-8-6-7-9-11(10)29-17/h6-9H,1-5H3,(H2,20,22,24)/b23-12+. The molecule has 164 valence electrons. The number of anilines is 1. The number of carbonyl (C=O) groups is 2. The second-order valence-electron chi connectivity index (χ2n) is 7.84. The van der Waals surface area contributed by atoms with Crippen molar-refractivity contribution >= 4 is 66.8 Å². The third kappa shape index (κ3) is 5.99. The van der Waals surface area contributed by atoms with Crippen LogP contribution in [0.4, 0.5) is 5.13 Å². The molecule has 2 aromatic heterocycles. The predicted molar refractivity (Wildman–Crippen MR) is 122 cm³/mol. The molecule has 0 aliphatic heterocycles. The molecule has 0 aliphatic rings. The van der Waals surface area contributed by atoms with Crippen molar-refractivity contribution in [2.45, 2.75) is 50.2 Å². The number of ether oxygens (including phenoxy) is 1. The van der Waals surface area contributed by atoms with Crippen LogP contribution in [0.1, 0.15) is 40.4 Å². The van der Waals surface area contributed by atoms with Crippen molar-refractivity contribution in [3.05, 3.63) is 30.1 Å². The highest BCUT2D eigenvalue weighted by Gasteiger charge is 2.36. The highest BCUT2D eigenvalue weighted by Crippen LogP contribution is 2.31. The van der Waals surface area contributed by atoms with Gasteiger partial charge in [-0.3, -0.25) is 4.79 Å². The monoisotopic (exact) mass is 479 g/mol. The molecule has 12 heteroatoms. The van der Waals surface area contributed by atoms with Crippen molar-refractivity contribution in [3.63, 3.8) is 0 Å². The van der Waals surface area contributed by atoms with Crippen molar-refractivity contribution < 1.29 is 19.2 Å². The van der Waals surface area contributed by atoms with Crippen LogP contribution in [0.25, 0.3) is 10.2 Å². The van der Waals surface area contributed by atoms with Gasteiger partial charge in [0.2, 0.25) is 17.1 Å². The van der Waals surface area contributed by atoms with Gasteiger partial charge in [-0.2, -0.15) is 9.36 Å². The van der Waals surface area contributed by atoms with E-state index in [1.807, 2.05) is 24.3 Å². The van der Waals surface area contributed by atoms with Gasteiger partial charge in [0, 0.05) is 11.5 Å². The van der Waals surface area contributed by atoms with Crippen molar-refractivity contribution in [3.8, 4) is 0 Å². The average Bonchev–Trinajstić information content (AvgIpc) is 3.25. The van der Waals surface area contributed by atoms with Crippen LogP contribution >= 0.6 is 34.6 Å². The summed E-state index contributed by atoms with van der Waals surface area (Å²) in [6, 6.07) is 7.56. The summed E-state index contributed by atoms with van der Waals surface area (Å²) in [6.45, 7) is 8.23. The fraction of sp³-hybridized carbons (Fsp3) is 0.368. The number of thioether (sulfide) groups is 1. The molecular weight excluding hydrogens is 458 g/mol. The van der Waals surface area contributed by atoms with Gasteiger partial charge in [-0.05, 0) is 58.5 Å². The minimum absolute atomic E-state index is 0.0149. The van der Waals surface area contributed by atoms with Crippen LogP contribution in [0.2, 0.25) is 0 Å². The maximum absolute atomic E-state index is 13.0. The van der Waals surface area contributed by atoms with Crippen molar-refractivity contribution in [1.29, 1.82) is 0 Å². The molecule has 1 aromatic carbocycles. The normalized spacial score (nSPS) is 12.7. The van der Waals surface area contributed by atoms with Crippen LogP contribution in [-0.4, -0.2) is 42.3 Å². The van der Waals surface area contributed by atoms with Crippen LogP contribution in [-0.2, 0) is 19.2 Å². The van der Waals surface area contributed by atoms with Gasteiger partial charge in [-0.15, -0.1) is 11.3 Å². The summed E-state index contributed by atoms with van der Waals surface area (Å²) in [6.07, 6.45) is 0. The van der Waals surface area contributed by atoms with E-state index in [0.29, 0.717) is 4.34 Å². The molecule has 3 aromatic rings. The Kier molecular flexibility index (Phi) is 6.62. The Labute approximate surface area is 191 Å². The molecule has 0 bridgehead atoms. The molecule has 2 N–H and O–H groups in total. The van der Waals surface area contributed by atoms with Gasteiger partial charge in [0.25, 0.3) is 5.12 Å². The molecule has 0 amide bonds. The Morgan fingerprint density at radius 1 is 1.13 bits per heavy atom. The number of benzene rings is 1. The van der Waals surface area contributed by atoms with E-state index < -0.39 is 22.3 Å². The number of aromatic nitrogens is 3. The number of carbonyl (C=O) groups excluding carboxylic acids is 2. The Morgan fingerprint density at radius 2 is 1.84 bits per heavy atom. The minimum Gasteiger partial charge on any atom is -0.457 e. The highest BCUT2D eigenvalue weighted by molar-refractivity contribution is 8.16. The summed E-state index contributed by atoms with van der Waals surface area (Å²) in [5.41, 5.74) is 4.14. The number of nitrogens with zero attached hydrogens (tertiary/aromatic N) is 4. The van der Waals surface area contributed by atoms with E-state index in [9.17, 15) is 9.59 Å². The third-order valence-corrected chi connectivity index (χ3v) is 6.08. The van der Waals surface area contributed by atoms with Gasteiger partial charge in [-0.1, -0.05) is 17.3 Å². The number of oxime groups is 1. The first-order valence-corrected chi connectivity index (χ1v) is 11.5. The molecule has 0 unspecified atom stereocenters. The molecule has 9 nitrogen and oxygen atoms in total. The van der Waals surface area contributed by atoms with Crippen molar-refractivity contribution in [2.75, 3.05) is 5.73 Å². The van der Waals surface area contributed by atoms with Crippen LogP contribution in [0, 0.1) is 0 Å². The Morgan fingerprint density at radius 3 is 2.45 bits per heavy atom. The molecule has 2 heterocycles. The number of nitrogen functional groups attached to an aromatic ring is 1. The molecule has 31 heavy (non-hydrogen) atoms. The third-order valence-electron chi connectivity index (χ3n) is 3.56. The summed E-state index contributed by atoms with van der Waals surface area (Å²) in [7, 11) is 0. The number of thiazole rings is 1. The summed E-state index contributed by atoms with van der Waals surface area (Å²) in [5.74, 6) is -0.610. The van der Waals surface area contributed by atoms with E-state index in [-0.39, 0.29) is 16.7 Å². The predicted octanol–water partition coefficient (Wildman–Crippen LogP) is 3.89. The van der Waals surface area contributed by atoms with Crippen molar-refractivity contribution in [1.82, 2.24) is 14.3 Å². The first-order valence-electron chi connectivity index (χ1n) is 9.11. The summed E-state index contributed by atoms with van der Waals surface area (Å²) >= 11 is 3.17. The van der Waals surface area contributed by atoms with Gasteiger partial charge >= 0.3 is 5.97 Å². The second-order valence-corrected chi connectivity index (χ2v) is 10.9. The van der Waals surface area contributed by atoms with Gasteiger partial charge in [0.15, 0.2) is 9.47 Å². The minimum atomic E-state index is -1.44. The van der Waals surface area contributed by atoms with Crippen LogP contribution in [0.15, 0.2) is 33.8 Å². The topological polar surface area (TPSA) is 130 Å².